The molecule has 3 nitrogen and oxygen atoms in total. The van der Waals surface area contributed by atoms with E-state index in [4.69, 9.17) is 9.40 Å². The van der Waals surface area contributed by atoms with Crippen LogP contribution in [0.15, 0.2) is 235 Å². The largest absolute Gasteiger partial charge is 0.436 e. The van der Waals surface area contributed by atoms with Gasteiger partial charge in [0.2, 0.25) is 5.89 Å². The lowest BCUT2D eigenvalue weighted by Gasteiger charge is -2.35. The maximum absolute atomic E-state index is 6.58. The molecule has 0 unspecified atom stereocenters. The molecular weight excluding hydrogens is 797 g/mol. The average Bonchev–Trinajstić information content (AvgIpc) is 4.07. The Morgan fingerprint density at radius 2 is 1.11 bits per heavy atom. The number of nitrogens with zero attached hydrogens (tertiary/aromatic N) is 2. The first-order valence-corrected chi connectivity index (χ1v) is 22.6. The van der Waals surface area contributed by atoms with Crippen molar-refractivity contribution < 1.29 is 4.42 Å². The van der Waals surface area contributed by atoms with Crippen LogP contribution in [-0.4, -0.2) is 4.98 Å². The predicted octanol–water partition coefficient (Wildman–Crippen LogP) is 16.5. The summed E-state index contributed by atoms with van der Waals surface area (Å²) in [6.45, 7) is 0. The Balaban J connectivity index is 1.11. The topological polar surface area (TPSA) is 29.3 Å². The lowest BCUT2D eigenvalue weighted by Crippen LogP contribution is -2.28. The second-order valence-corrected chi connectivity index (χ2v) is 17.7. The lowest BCUT2D eigenvalue weighted by atomic mass is 9.67. The molecule has 4 heteroatoms. The van der Waals surface area contributed by atoms with Gasteiger partial charge in [-0.3, -0.25) is 0 Å². The summed E-state index contributed by atoms with van der Waals surface area (Å²) in [6, 6.07) is 83.7. The molecule has 13 rings (SSSR count). The normalized spacial score (nSPS) is 12.8. The van der Waals surface area contributed by atoms with E-state index in [1.165, 1.54) is 75.5 Å². The molecule has 0 saturated heterocycles. The zero-order valence-corrected chi connectivity index (χ0v) is 35.5. The summed E-state index contributed by atoms with van der Waals surface area (Å²) in [6.07, 6.45) is 0. The van der Waals surface area contributed by atoms with Crippen molar-refractivity contribution in [2.75, 3.05) is 4.90 Å². The SMILES string of the molecule is c1ccc(-c2ccc(N(c3cccc(C4(c5ccccc5)c5ccccc5-c5ccccc54)c3)c3cc(-c4nc5ccccc5o4)cc4c3sc3ccc5ccccc5c34)cc2)cc1. The van der Waals surface area contributed by atoms with Gasteiger partial charge in [0.1, 0.15) is 5.52 Å². The van der Waals surface area contributed by atoms with Crippen LogP contribution < -0.4 is 4.90 Å². The molecule has 0 aliphatic heterocycles. The fourth-order valence-corrected chi connectivity index (χ4v) is 11.6. The number of aromatic nitrogens is 1. The van der Waals surface area contributed by atoms with Crippen LogP contribution in [0, 0.1) is 0 Å². The third-order valence-electron chi connectivity index (χ3n) is 13.2. The fourth-order valence-electron chi connectivity index (χ4n) is 10.4. The summed E-state index contributed by atoms with van der Waals surface area (Å²) < 4.78 is 9.01. The van der Waals surface area contributed by atoms with Crippen LogP contribution in [0.4, 0.5) is 17.1 Å². The Bertz CT molecular complexity index is 3660. The lowest BCUT2D eigenvalue weighted by molar-refractivity contribution is 0.620. The molecule has 12 aromatic rings. The molecule has 0 N–H and O–H groups in total. The van der Waals surface area contributed by atoms with Crippen molar-refractivity contribution in [3.63, 3.8) is 0 Å². The number of rotatable bonds is 7. The number of anilines is 3. The molecule has 0 amide bonds. The van der Waals surface area contributed by atoms with Gasteiger partial charge in [0, 0.05) is 32.4 Å². The first-order chi connectivity index (χ1) is 31.7. The van der Waals surface area contributed by atoms with Gasteiger partial charge in [-0.25, -0.2) is 4.98 Å². The molecule has 300 valence electrons. The molecule has 0 saturated carbocycles. The first-order valence-electron chi connectivity index (χ1n) is 21.8. The summed E-state index contributed by atoms with van der Waals surface area (Å²) in [5.41, 5.74) is 15.0. The summed E-state index contributed by atoms with van der Waals surface area (Å²) in [7, 11) is 0. The van der Waals surface area contributed by atoms with E-state index in [0.717, 1.165) is 33.7 Å². The highest BCUT2D eigenvalue weighted by Crippen LogP contribution is 2.57. The van der Waals surface area contributed by atoms with Crippen molar-refractivity contribution in [1.82, 2.24) is 4.98 Å². The number of hydrogen-bond acceptors (Lipinski definition) is 4. The number of oxazole rings is 1. The van der Waals surface area contributed by atoms with Crippen molar-refractivity contribution in [2.24, 2.45) is 0 Å². The van der Waals surface area contributed by atoms with Gasteiger partial charge in [0.15, 0.2) is 5.58 Å². The Morgan fingerprint density at radius 1 is 0.453 bits per heavy atom. The standard InChI is InChI=1S/C60H38N2OS/c1-3-16-39(17-4-1)40-30-33-45(34-31-40)62(46-22-15-21-44(38-46)60(43-19-5-2-6-20-43)51-26-11-9-24-48(51)49-25-10-12-27-52(49)60)54-37-42(59-61-53-28-13-14-29-55(53)63-59)36-50-57-47-23-8-7-18-41(47)32-35-56(57)64-58(50)54/h1-38H. The minimum absolute atomic E-state index is 0.556. The predicted molar refractivity (Wildman–Crippen MR) is 267 cm³/mol. The van der Waals surface area contributed by atoms with Crippen molar-refractivity contribution >= 4 is 70.4 Å². The van der Waals surface area contributed by atoms with Crippen LogP contribution in [-0.2, 0) is 5.41 Å². The highest BCUT2D eigenvalue weighted by Gasteiger charge is 2.46. The van der Waals surface area contributed by atoms with Crippen molar-refractivity contribution in [3.05, 3.63) is 253 Å². The van der Waals surface area contributed by atoms with Crippen LogP contribution in [0.1, 0.15) is 22.3 Å². The molecule has 2 aromatic heterocycles. The van der Waals surface area contributed by atoms with Crippen molar-refractivity contribution in [3.8, 4) is 33.7 Å². The molecular formula is C60H38N2OS. The molecule has 0 bridgehead atoms. The zero-order valence-electron chi connectivity index (χ0n) is 34.7. The van der Waals surface area contributed by atoms with Gasteiger partial charge < -0.3 is 9.32 Å². The maximum Gasteiger partial charge on any atom is 0.227 e. The van der Waals surface area contributed by atoms with E-state index in [1.807, 2.05) is 35.6 Å². The highest BCUT2D eigenvalue weighted by molar-refractivity contribution is 7.26. The van der Waals surface area contributed by atoms with Gasteiger partial charge in [-0.15, -0.1) is 11.3 Å². The van der Waals surface area contributed by atoms with E-state index >= 15 is 0 Å². The quantitative estimate of drug-likeness (QED) is 0.160. The van der Waals surface area contributed by atoms with E-state index in [9.17, 15) is 0 Å². The molecule has 1 aliphatic carbocycles. The average molecular weight is 835 g/mol. The molecule has 1 aliphatic rings. The Kier molecular flexibility index (Phi) is 8.30. The van der Waals surface area contributed by atoms with Crippen LogP contribution in [0.5, 0.6) is 0 Å². The van der Waals surface area contributed by atoms with Crippen LogP contribution >= 0.6 is 11.3 Å². The summed E-state index contributed by atoms with van der Waals surface area (Å²) >= 11 is 1.84. The van der Waals surface area contributed by atoms with E-state index in [1.54, 1.807) is 0 Å². The fraction of sp³-hybridized carbons (Fsp3) is 0.0167. The summed E-state index contributed by atoms with van der Waals surface area (Å²) in [5, 5.41) is 4.87. The van der Waals surface area contributed by atoms with Gasteiger partial charge in [-0.1, -0.05) is 176 Å². The van der Waals surface area contributed by atoms with Gasteiger partial charge in [0.05, 0.1) is 15.8 Å². The van der Waals surface area contributed by atoms with E-state index in [0.29, 0.717) is 5.89 Å². The number of thiophene rings is 1. The van der Waals surface area contributed by atoms with Gasteiger partial charge in [0.25, 0.3) is 0 Å². The molecule has 2 heterocycles. The summed E-state index contributed by atoms with van der Waals surface area (Å²) in [5.74, 6) is 0.597. The molecule has 0 spiro atoms. The Labute approximate surface area is 374 Å². The first kappa shape index (κ1) is 36.6. The van der Waals surface area contributed by atoms with E-state index in [2.05, 4.69) is 211 Å². The number of benzene rings is 10. The molecule has 10 aromatic carbocycles. The molecule has 0 fully saturated rings. The Hall–Kier alpha value is -8.05. The monoisotopic (exact) mass is 834 g/mol. The van der Waals surface area contributed by atoms with Crippen LogP contribution in [0.3, 0.4) is 0 Å². The molecule has 0 atom stereocenters. The van der Waals surface area contributed by atoms with Gasteiger partial charge >= 0.3 is 0 Å². The third kappa shape index (κ3) is 5.56. The number of hydrogen-bond donors (Lipinski definition) is 0. The second-order valence-electron chi connectivity index (χ2n) is 16.6. The third-order valence-corrected chi connectivity index (χ3v) is 14.3. The van der Waals surface area contributed by atoms with E-state index in [-0.39, 0.29) is 0 Å². The second kappa shape index (κ2) is 14.5. The van der Waals surface area contributed by atoms with Crippen molar-refractivity contribution in [2.45, 2.75) is 5.41 Å². The number of para-hydroxylation sites is 2. The van der Waals surface area contributed by atoms with Gasteiger partial charge in [-0.2, -0.15) is 0 Å². The molecule has 0 radical (unpaired) electrons. The zero-order chi connectivity index (χ0) is 42.2. The number of fused-ring (bicyclic) bond motifs is 9. The van der Waals surface area contributed by atoms with Crippen molar-refractivity contribution in [1.29, 1.82) is 0 Å². The van der Waals surface area contributed by atoms with E-state index < -0.39 is 5.41 Å². The minimum Gasteiger partial charge on any atom is -0.436 e. The highest BCUT2D eigenvalue weighted by atomic mass is 32.1. The smallest absolute Gasteiger partial charge is 0.227 e. The molecule has 64 heavy (non-hydrogen) atoms. The summed E-state index contributed by atoms with van der Waals surface area (Å²) in [4.78, 5) is 7.53. The van der Waals surface area contributed by atoms with Crippen LogP contribution in [0.25, 0.3) is 75.8 Å². The minimum atomic E-state index is -0.556. The maximum atomic E-state index is 6.58. The van der Waals surface area contributed by atoms with Crippen LogP contribution in [0.2, 0.25) is 0 Å². The van der Waals surface area contributed by atoms with Gasteiger partial charge in [-0.05, 0) is 110 Å². The Morgan fingerprint density at radius 3 is 1.89 bits per heavy atom.